The van der Waals surface area contributed by atoms with Crippen molar-refractivity contribution in [2.24, 2.45) is 5.92 Å². The molecule has 0 atom stereocenters. The van der Waals surface area contributed by atoms with Crippen LogP contribution in [-0.2, 0) is 9.53 Å². The molecule has 0 saturated carbocycles. The average molecular weight is 354 g/mol. The van der Waals surface area contributed by atoms with Gasteiger partial charge in [0.15, 0.2) is 0 Å². The zero-order chi connectivity index (χ0) is 15.5. The van der Waals surface area contributed by atoms with Crippen LogP contribution in [0.3, 0.4) is 0 Å². The number of hydrogen-bond acceptors (Lipinski definition) is 4. The maximum absolute atomic E-state index is 11.8. The second-order valence-corrected chi connectivity index (χ2v) is 7.12. The summed E-state index contributed by atoms with van der Waals surface area (Å²) in [6.45, 7) is 9.26. The molecule has 1 aromatic heterocycles. The normalized spacial score (nSPS) is 16.8. The van der Waals surface area contributed by atoms with E-state index in [0.29, 0.717) is 12.3 Å². The molecule has 1 aromatic rings. The van der Waals surface area contributed by atoms with Crippen molar-refractivity contribution < 1.29 is 9.53 Å². The fourth-order valence-corrected chi connectivity index (χ4v) is 2.74. The SMILES string of the molecule is [CH2+]C(C)(C)OC(=O)CC1CCN(c2ccc(Br)cn2)CC1. The molecule has 0 radical (unpaired) electrons. The molecule has 1 saturated heterocycles. The summed E-state index contributed by atoms with van der Waals surface area (Å²) in [7, 11) is 0. The number of carbonyl (C=O) groups is 1. The van der Waals surface area contributed by atoms with Crippen LogP contribution in [0.1, 0.15) is 33.1 Å². The van der Waals surface area contributed by atoms with Crippen LogP contribution in [0.4, 0.5) is 5.82 Å². The third kappa shape index (κ3) is 5.23. The van der Waals surface area contributed by atoms with E-state index < -0.39 is 5.60 Å². The zero-order valence-electron chi connectivity index (χ0n) is 12.6. The summed E-state index contributed by atoms with van der Waals surface area (Å²) in [4.78, 5) is 18.5. The molecule has 0 bridgehead atoms. The minimum absolute atomic E-state index is 0.143. The van der Waals surface area contributed by atoms with E-state index in [4.69, 9.17) is 4.74 Å². The Balaban J connectivity index is 1.80. The lowest BCUT2D eigenvalue weighted by Crippen LogP contribution is -2.35. The number of rotatable bonds is 4. The van der Waals surface area contributed by atoms with Crippen molar-refractivity contribution in [2.45, 2.75) is 38.7 Å². The second-order valence-electron chi connectivity index (χ2n) is 6.20. The summed E-state index contributed by atoms with van der Waals surface area (Å²) in [5.74, 6) is 1.25. The number of carbonyl (C=O) groups excluding carboxylic acids is 1. The number of esters is 1. The quantitative estimate of drug-likeness (QED) is 0.612. The summed E-state index contributed by atoms with van der Waals surface area (Å²) < 4.78 is 6.27. The van der Waals surface area contributed by atoms with Crippen LogP contribution in [0.5, 0.6) is 0 Å². The number of pyridine rings is 1. The van der Waals surface area contributed by atoms with Crippen LogP contribution in [0, 0.1) is 12.8 Å². The second kappa shape index (κ2) is 6.69. The molecular weight excluding hydrogens is 332 g/mol. The highest BCUT2D eigenvalue weighted by Gasteiger charge is 2.27. The molecule has 0 spiro atoms. The van der Waals surface area contributed by atoms with E-state index in [2.05, 4.69) is 32.7 Å². The van der Waals surface area contributed by atoms with E-state index >= 15 is 0 Å². The molecular formula is C16H22BrN2O2+. The molecule has 2 rings (SSSR count). The Morgan fingerprint density at radius 2 is 2.14 bits per heavy atom. The van der Waals surface area contributed by atoms with Crippen molar-refractivity contribution in [3.63, 3.8) is 0 Å². The van der Waals surface area contributed by atoms with Gasteiger partial charge in [0.25, 0.3) is 0 Å². The van der Waals surface area contributed by atoms with E-state index in [1.165, 1.54) is 0 Å². The summed E-state index contributed by atoms with van der Waals surface area (Å²) >= 11 is 3.39. The van der Waals surface area contributed by atoms with Crippen molar-refractivity contribution >= 4 is 27.7 Å². The molecule has 0 aromatic carbocycles. The van der Waals surface area contributed by atoms with E-state index in [-0.39, 0.29) is 5.97 Å². The number of ether oxygens (including phenoxy) is 1. The first kappa shape index (κ1) is 16.1. The van der Waals surface area contributed by atoms with Crippen LogP contribution in [0.25, 0.3) is 0 Å². The van der Waals surface area contributed by atoms with Crippen LogP contribution in [-0.4, -0.2) is 29.6 Å². The highest BCUT2D eigenvalue weighted by molar-refractivity contribution is 9.10. The highest BCUT2D eigenvalue weighted by atomic mass is 79.9. The Morgan fingerprint density at radius 1 is 1.48 bits per heavy atom. The van der Waals surface area contributed by atoms with Gasteiger partial charge in [0.05, 0.1) is 0 Å². The smallest absolute Gasteiger partial charge is 0.309 e. The van der Waals surface area contributed by atoms with E-state index in [1.54, 1.807) is 13.8 Å². The van der Waals surface area contributed by atoms with Crippen LogP contribution >= 0.6 is 15.9 Å². The predicted octanol–water partition coefficient (Wildman–Crippen LogP) is 3.61. The van der Waals surface area contributed by atoms with Crippen LogP contribution in [0.2, 0.25) is 0 Å². The summed E-state index contributed by atoms with van der Waals surface area (Å²) in [5, 5.41) is 0. The van der Waals surface area contributed by atoms with Crippen molar-refractivity contribution in [3.8, 4) is 0 Å². The van der Waals surface area contributed by atoms with Crippen molar-refractivity contribution in [1.82, 2.24) is 4.98 Å². The Kier molecular flexibility index (Phi) is 5.14. The molecule has 114 valence electrons. The van der Waals surface area contributed by atoms with Gasteiger partial charge in [0.1, 0.15) is 12.7 Å². The molecule has 2 heterocycles. The Morgan fingerprint density at radius 3 is 2.67 bits per heavy atom. The van der Waals surface area contributed by atoms with Gasteiger partial charge in [-0.25, -0.2) is 4.98 Å². The molecule has 5 heteroatoms. The van der Waals surface area contributed by atoms with Crippen molar-refractivity contribution in [3.05, 3.63) is 29.7 Å². The zero-order valence-corrected chi connectivity index (χ0v) is 14.2. The number of piperidine rings is 1. The first-order valence-corrected chi connectivity index (χ1v) is 8.06. The lowest BCUT2D eigenvalue weighted by Gasteiger charge is -2.32. The monoisotopic (exact) mass is 353 g/mol. The number of anilines is 1. The average Bonchev–Trinajstić information content (AvgIpc) is 2.38. The molecule has 0 unspecified atom stereocenters. The maximum Gasteiger partial charge on any atom is 0.309 e. The van der Waals surface area contributed by atoms with Gasteiger partial charge >= 0.3 is 5.97 Å². The third-order valence-electron chi connectivity index (χ3n) is 3.50. The van der Waals surface area contributed by atoms with Crippen molar-refractivity contribution in [2.75, 3.05) is 18.0 Å². The van der Waals surface area contributed by atoms with Gasteiger partial charge < -0.3 is 9.64 Å². The number of nitrogens with zero attached hydrogens (tertiary/aromatic N) is 2. The van der Waals surface area contributed by atoms with Gasteiger partial charge in [-0.05, 0) is 46.8 Å². The highest BCUT2D eigenvalue weighted by Crippen LogP contribution is 2.25. The minimum atomic E-state index is -0.640. The molecule has 1 fully saturated rings. The van der Waals surface area contributed by atoms with Crippen LogP contribution < -0.4 is 4.90 Å². The predicted molar refractivity (Wildman–Crippen MR) is 87.0 cm³/mol. The van der Waals surface area contributed by atoms with Gasteiger partial charge in [-0.1, -0.05) is 0 Å². The Labute approximate surface area is 135 Å². The summed E-state index contributed by atoms with van der Waals surface area (Å²) in [5.41, 5.74) is -0.640. The topological polar surface area (TPSA) is 42.4 Å². The van der Waals surface area contributed by atoms with Gasteiger partial charge in [0, 0.05) is 44.0 Å². The molecule has 4 nitrogen and oxygen atoms in total. The Bertz CT molecular complexity index is 474. The fourth-order valence-electron chi connectivity index (χ4n) is 2.51. The summed E-state index contributed by atoms with van der Waals surface area (Å²) in [6.07, 6.45) is 4.28. The molecule has 21 heavy (non-hydrogen) atoms. The molecule has 0 amide bonds. The van der Waals surface area contributed by atoms with Crippen LogP contribution in [0.15, 0.2) is 22.8 Å². The number of halogens is 1. The molecule has 1 aliphatic heterocycles. The van der Waals surface area contributed by atoms with E-state index in [9.17, 15) is 4.79 Å². The molecule has 0 aliphatic carbocycles. The van der Waals surface area contributed by atoms with Gasteiger partial charge in [0.2, 0.25) is 5.60 Å². The van der Waals surface area contributed by atoms with E-state index in [0.717, 1.165) is 36.2 Å². The standard InChI is InChI=1S/C16H22BrN2O2/c1-16(2,3)21-15(20)10-12-6-8-19(9-7-12)14-5-4-13(17)11-18-14/h4-5,11-12H,1,6-10H2,2-3H3/q+1. The molecule has 0 N–H and O–H groups in total. The van der Waals surface area contributed by atoms with Gasteiger partial charge in [-0.2, -0.15) is 0 Å². The lowest BCUT2D eigenvalue weighted by atomic mass is 9.93. The first-order chi connectivity index (χ1) is 9.83. The van der Waals surface area contributed by atoms with Gasteiger partial charge in [-0.3, -0.25) is 4.79 Å². The lowest BCUT2D eigenvalue weighted by molar-refractivity contribution is -0.154. The fraction of sp³-hybridized carbons (Fsp3) is 0.562. The van der Waals surface area contributed by atoms with E-state index in [1.807, 2.05) is 18.3 Å². The molecule has 1 aliphatic rings. The number of aromatic nitrogens is 1. The van der Waals surface area contributed by atoms with Crippen molar-refractivity contribution in [1.29, 1.82) is 0 Å². The third-order valence-corrected chi connectivity index (χ3v) is 3.96. The Hall–Kier alpha value is -1.23. The minimum Gasteiger partial charge on any atom is -0.419 e. The number of hydrogen-bond donors (Lipinski definition) is 0. The maximum atomic E-state index is 11.8. The first-order valence-electron chi connectivity index (χ1n) is 7.27. The largest absolute Gasteiger partial charge is 0.419 e. The van der Waals surface area contributed by atoms with Gasteiger partial charge in [-0.15, -0.1) is 0 Å². The summed E-state index contributed by atoms with van der Waals surface area (Å²) in [6, 6.07) is 4.02.